The van der Waals surface area contributed by atoms with E-state index in [1.54, 1.807) is 6.20 Å². The number of para-hydroxylation sites is 1. The molecular weight excluding hydrogens is 540 g/mol. The zero-order chi connectivity index (χ0) is 29.7. The molecule has 2 aromatic rings. The molecule has 0 saturated heterocycles. The lowest BCUT2D eigenvalue weighted by atomic mass is 10.0. The van der Waals surface area contributed by atoms with E-state index >= 15 is 0 Å². The summed E-state index contributed by atoms with van der Waals surface area (Å²) in [6.07, 6.45) is 4.25. The van der Waals surface area contributed by atoms with Crippen molar-refractivity contribution in [3.05, 3.63) is 36.0 Å². The Kier molecular flexibility index (Phi) is 13.2. The van der Waals surface area contributed by atoms with E-state index in [9.17, 15) is 29.4 Å². The maximum absolute atomic E-state index is 13.3. The van der Waals surface area contributed by atoms with E-state index in [0.29, 0.717) is 17.7 Å². The molecule has 0 fully saturated rings. The number of aliphatic hydroxyl groups excluding tert-OH is 1. The van der Waals surface area contributed by atoms with E-state index in [4.69, 9.17) is 17.2 Å². The summed E-state index contributed by atoms with van der Waals surface area (Å²) in [6.45, 7) is -0.564. The van der Waals surface area contributed by atoms with Crippen molar-refractivity contribution in [2.75, 3.05) is 25.2 Å². The Morgan fingerprint density at radius 1 is 1.00 bits per heavy atom. The number of aromatic nitrogens is 1. The summed E-state index contributed by atoms with van der Waals surface area (Å²) in [5, 5.41) is 27.7. The highest BCUT2D eigenvalue weighted by molar-refractivity contribution is 7.98. The van der Waals surface area contributed by atoms with Gasteiger partial charge in [0.25, 0.3) is 0 Å². The smallest absolute Gasteiger partial charge is 0.326 e. The maximum Gasteiger partial charge on any atom is 0.326 e. The number of thioether (sulfide) groups is 1. The number of guanidine groups is 1. The Morgan fingerprint density at radius 3 is 2.30 bits per heavy atom. The highest BCUT2D eigenvalue weighted by Gasteiger charge is 2.30. The van der Waals surface area contributed by atoms with E-state index in [0.717, 1.165) is 10.9 Å². The van der Waals surface area contributed by atoms with Crippen molar-refractivity contribution >= 4 is 52.3 Å². The number of carbonyl (C=O) groups is 4. The Morgan fingerprint density at radius 2 is 1.65 bits per heavy atom. The van der Waals surface area contributed by atoms with Crippen LogP contribution in [0.4, 0.5) is 0 Å². The van der Waals surface area contributed by atoms with Crippen LogP contribution in [-0.4, -0.2) is 94.2 Å². The van der Waals surface area contributed by atoms with Crippen LogP contribution in [0.5, 0.6) is 0 Å². The first-order chi connectivity index (χ1) is 19.1. The number of rotatable bonds is 17. The van der Waals surface area contributed by atoms with Gasteiger partial charge in [-0.25, -0.2) is 4.79 Å². The number of H-pyrrole nitrogens is 1. The number of nitrogens with two attached hydrogens (primary N) is 3. The maximum atomic E-state index is 13.3. The first-order valence-electron chi connectivity index (χ1n) is 12.7. The Labute approximate surface area is 235 Å². The van der Waals surface area contributed by atoms with Gasteiger partial charge in [0.1, 0.15) is 18.1 Å². The van der Waals surface area contributed by atoms with Crippen molar-refractivity contribution in [1.29, 1.82) is 0 Å². The summed E-state index contributed by atoms with van der Waals surface area (Å²) in [7, 11) is 0. The van der Waals surface area contributed by atoms with Crippen molar-refractivity contribution in [3.63, 3.8) is 0 Å². The van der Waals surface area contributed by atoms with Gasteiger partial charge in [0.05, 0.1) is 12.6 Å². The summed E-state index contributed by atoms with van der Waals surface area (Å²) < 4.78 is 0. The Bertz CT molecular complexity index is 1190. The number of fused-ring (bicyclic) bond motifs is 1. The number of nitrogens with zero attached hydrogens (tertiary/aromatic N) is 1. The highest BCUT2D eigenvalue weighted by atomic mass is 32.2. The number of aliphatic imine (C=N–C) groups is 1. The minimum atomic E-state index is -1.37. The number of amides is 3. The van der Waals surface area contributed by atoms with Crippen LogP contribution in [0.1, 0.15) is 24.8 Å². The fourth-order valence-corrected chi connectivity index (χ4v) is 4.37. The van der Waals surface area contributed by atoms with E-state index in [1.165, 1.54) is 11.8 Å². The molecule has 0 aliphatic carbocycles. The molecule has 2 rings (SSSR count). The second kappa shape index (κ2) is 16.3. The van der Waals surface area contributed by atoms with Crippen LogP contribution < -0.4 is 33.2 Å². The third kappa shape index (κ3) is 10.1. The second-order valence-electron chi connectivity index (χ2n) is 9.10. The monoisotopic (exact) mass is 578 g/mol. The van der Waals surface area contributed by atoms with Gasteiger partial charge in [-0.05, 0) is 42.9 Å². The summed E-state index contributed by atoms with van der Waals surface area (Å²) in [4.78, 5) is 57.5. The van der Waals surface area contributed by atoms with Crippen molar-refractivity contribution in [3.8, 4) is 0 Å². The normalized spacial score (nSPS) is 14.0. The first-order valence-corrected chi connectivity index (χ1v) is 14.1. The van der Waals surface area contributed by atoms with E-state index in [2.05, 4.69) is 25.9 Å². The lowest BCUT2D eigenvalue weighted by Gasteiger charge is -2.24. The molecule has 220 valence electrons. The average Bonchev–Trinajstić information content (AvgIpc) is 3.33. The standard InChI is InChI=1S/C25H38N8O6S/c1-40-10-8-16(26)21(35)33-20(13-34)23(37)32-19(11-14-12-30-17-6-3-2-5-15(14)17)22(36)31-18(24(38)39)7-4-9-29-25(27)28/h2-3,5-6,12,16,18-20,30,34H,4,7-11,13,26H2,1H3,(H,31,36)(H,32,37)(H,33,35)(H,38,39)(H4,27,28,29). The summed E-state index contributed by atoms with van der Waals surface area (Å²) in [5.41, 5.74) is 18.0. The van der Waals surface area contributed by atoms with Gasteiger partial charge in [-0.2, -0.15) is 11.8 Å². The third-order valence-electron chi connectivity index (χ3n) is 6.08. The molecule has 4 atom stereocenters. The number of carbonyl (C=O) groups excluding carboxylic acids is 3. The molecule has 1 aromatic carbocycles. The zero-order valence-electron chi connectivity index (χ0n) is 22.3. The highest BCUT2D eigenvalue weighted by Crippen LogP contribution is 2.19. The van der Waals surface area contributed by atoms with Crippen LogP contribution in [0, 0.1) is 0 Å². The number of carboxylic acids is 1. The van der Waals surface area contributed by atoms with Crippen molar-refractivity contribution in [2.24, 2.45) is 22.2 Å². The summed E-state index contributed by atoms with van der Waals surface area (Å²) in [5.74, 6) is -2.97. The van der Waals surface area contributed by atoms with E-state index in [1.807, 2.05) is 30.5 Å². The molecule has 4 unspecified atom stereocenters. The minimum Gasteiger partial charge on any atom is -0.480 e. The molecule has 0 bridgehead atoms. The second-order valence-corrected chi connectivity index (χ2v) is 10.1. The lowest BCUT2D eigenvalue weighted by Crippen LogP contribution is -2.58. The molecule has 1 aromatic heterocycles. The van der Waals surface area contributed by atoms with E-state index < -0.39 is 54.5 Å². The molecule has 0 spiro atoms. The number of benzene rings is 1. The number of hydrogen-bond donors (Lipinski definition) is 9. The van der Waals surface area contributed by atoms with Gasteiger partial charge >= 0.3 is 5.97 Å². The van der Waals surface area contributed by atoms with Gasteiger partial charge in [-0.15, -0.1) is 0 Å². The number of carboxylic acid groups (broad SMARTS) is 1. The summed E-state index contributed by atoms with van der Waals surface area (Å²) in [6, 6.07) is 2.59. The van der Waals surface area contributed by atoms with Crippen molar-refractivity contribution in [2.45, 2.75) is 49.9 Å². The predicted molar refractivity (Wildman–Crippen MR) is 153 cm³/mol. The molecule has 1 heterocycles. The predicted octanol–water partition coefficient (Wildman–Crippen LogP) is -1.62. The zero-order valence-corrected chi connectivity index (χ0v) is 23.1. The number of nitrogens with one attached hydrogen (secondary N) is 4. The molecule has 0 saturated carbocycles. The van der Waals surface area contributed by atoms with Crippen LogP contribution in [-0.2, 0) is 25.6 Å². The minimum absolute atomic E-state index is 0.00125. The molecule has 0 aliphatic heterocycles. The molecule has 14 nitrogen and oxygen atoms in total. The number of aliphatic hydroxyl groups is 1. The van der Waals surface area contributed by atoms with Crippen molar-refractivity contribution in [1.82, 2.24) is 20.9 Å². The average molecular weight is 579 g/mol. The topological polar surface area (TPSA) is 251 Å². The third-order valence-corrected chi connectivity index (χ3v) is 6.72. The Balaban J connectivity index is 2.22. The molecule has 3 amide bonds. The largest absolute Gasteiger partial charge is 0.480 e. The van der Waals surface area contributed by atoms with Crippen molar-refractivity contribution < 1.29 is 29.4 Å². The molecule has 12 N–H and O–H groups in total. The van der Waals surface area contributed by atoms with E-state index in [-0.39, 0.29) is 31.8 Å². The van der Waals surface area contributed by atoms with Crippen LogP contribution in [0.3, 0.4) is 0 Å². The van der Waals surface area contributed by atoms with Crippen LogP contribution in [0.25, 0.3) is 10.9 Å². The van der Waals surface area contributed by atoms with Crippen LogP contribution in [0.2, 0.25) is 0 Å². The Hall–Kier alpha value is -3.82. The first kappa shape index (κ1) is 32.4. The van der Waals surface area contributed by atoms with Gasteiger partial charge in [-0.3, -0.25) is 19.4 Å². The van der Waals surface area contributed by atoms with Gasteiger partial charge in [0, 0.05) is 30.1 Å². The van der Waals surface area contributed by atoms with Crippen LogP contribution in [0.15, 0.2) is 35.5 Å². The van der Waals surface area contributed by atoms with Gasteiger partial charge < -0.3 is 48.3 Å². The number of hydrogen-bond acceptors (Lipinski definition) is 8. The molecule has 15 heteroatoms. The van der Waals surface area contributed by atoms with Gasteiger partial charge in [0.15, 0.2) is 5.96 Å². The number of aliphatic carboxylic acids is 1. The van der Waals surface area contributed by atoms with Gasteiger partial charge in [0.2, 0.25) is 17.7 Å². The summed E-state index contributed by atoms with van der Waals surface area (Å²) >= 11 is 1.51. The quantitative estimate of drug-likeness (QED) is 0.0589. The fraction of sp³-hybridized carbons (Fsp3) is 0.480. The number of aromatic amines is 1. The fourth-order valence-electron chi connectivity index (χ4n) is 3.88. The van der Waals surface area contributed by atoms with Gasteiger partial charge in [-0.1, -0.05) is 18.2 Å². The van der Waals surface area contributed by atoms with Crippen LogP contribution >= 0.6 is 11.8 Å². The molecule has 0 aliphatic rings. The lowest BCUT2D eigenvalue weighted by molar-refractivity contribution is -0.142. The molecule has 40 heavy (non-hydrogen) atoms. The molecular formula is C25H38N8O6S. The SMILES string of the molecule is CSCCC(N)C(=O)NC(CO)C(=O)NC(Cc1c[nH]c2ccccc12)C(=O)NC(CCCN=C(N)N)C(=O)O. The molecule has 0 radical (unpaired) electrons.